The van der Waals surface area contributed by atoms with Crippen molar-refractivity contribution in [2.75, 3.05) is 24.7 Å². The molecule has 4 nitrogen and oxygen atoms in total. The molecule has 0 saturated carbocycles. The van der Waals surface area contributed by atoms with Gasteiger partial charge >= 0.3 is 5.97 Å². The zero-order chi connectivity index (χ0) is 15.4. The Bertz CT molecular complexity index is 555. The van der Waals surface area contributed by atoms with Gasteiger partial charge in [0.1, 0.15) is 6.04 Å². The Balaban J connectivity index is 2.24. The molecule has 1 aromatic rings. The summed E-state index contributed by atoms with van der Waals surface area (Å²) in [4.78, 5) is 26.3. The number of carbonyl (C=O) groups is 2. The van der Waals surface area contributed by atoms with E-state index >= 15 is 0 Å². The number of esters is 1. The average molecular weight is 393 g/mol. The number of nitrogens with zero attached hydrogens (tertiary/aromatic N) is 1. The summed E-state index contributed by atoms with van der Waals surface area (Å²) < 4.78 is 5.69. The Labute approximate surface area is 141 Å². The van der Waals surface area contributed by atoms with Crippen LogP contribution in [0.4, 0.5) is 0 Å². The third-order valence-corrected chi connectivity index (χ3v) is 5.02. The molecule has 0 radical (unpaired) electrons. The highest BCUT2D eigenvalue weighted by Crippen LogP contribution is 2.26. The molecule has 1 atom stereocenters. The summed E-state index contributed by atoms with van der Waals surface area (Å²) in [5.41, 5.74) is 0.501. The van der Waals surface area contributed by atoms with Crippen LogP contribution in [0.3, 0.4) is 0 Å². The Kier molecular flexibility index (Phi) is 5.96. The molecule has 1 aromatic carbocycles. The van der Waals surface area contributed by atoms with E-state index in [1.165, 1.54) is 0 Å². The van der Waals surface area contributed by atoms with Crippen molar-refractivity contribution in [3.63, 3.8) is 0 Å². The van der Waals surface area contributed by atoms with E-state index in [2.05, 4.69) is 15.9 Å². The zero-order valence-corrected chi connectivity index (χ0v) is 14.6. The van der Waals surface area contributed by atoms with E-state index in [4.69, 9.17) is 16.3 Å². The fourth-order valence-corrected chi connectivity index (χ4v) is 3.98. The molecule has 1 fully saturated rings. The molecule has 0 spiro atoms. The monoisotopic (exact) mass is 391 g/mol. The standard InChI is InChI=1S/C14H15BrClNO3S/c1-2-20-14(19)12-8-21-6-5-17(12)13(18)10-4-3-9(16)7-11(10)15/h3-4,7,12H,2,5-6,8H2,1H3. The minimum atomic E-state index is -0.529. The summed E-state index contributed by atoms with van der Waals surface area (Å²) in [7, 11) is 0. The molecule has 1 unspecified atom stereocenters. The lowest BCUT2D eigenvalue weighted by molar-refractivity contribution is -0.147. The van der Waals surface area contributed by atoms with Gasteiger partial charge in [-0.15, -0.1) is 0 Å². The smallest absolute Gasteiger partial charge is 0.329 e. The van der Waals surface area contributed by atoms with Gasteiger partial charge in [-0.1, -0.05) is 11.6 Å². The minimum Gasteiger partial charge on any atom is -0.464 e. The summed E-state index contributed by atoms with van der Waals surface area (Å²) in [6.07, 6.45) is 0. The van der Waals surface area contributed by atoms with Gasteiger partial charge in [0.2, 0.25) is 0 Å². The van der Waals surface area contributed by atoms with Gasteiger partial charge in [-0.3, -0.25) is 4.79 Å². The van der Waals surface area contributed by atoms with Crippen molar-refractivity contribution in [3.05, 3.63) is 33.3 Å². The lowest BCUT2D eigenvalue weighted by atomic mass is 10.1. The first kappa shape index (κ1) is 16.6. The molecule has 0 bridgehead atoms. The predicted molar refractivity (Wildman–Crippen MR) is 87.9 cm³/mol. The van der Waals surface area contributed by atoms with Crippen molar-refractivity contribution in [3.8, 4) is 0 Å². The molecule has 1 aliphatic rings. The van der Waals surface area contributed by atoms with Gasteiger partial charge < -0.3 is 9.64 Å². The highest BCUT2D eigenvalue weighted by atomic mass is 79.9. The molecule has 0 N–H and O–H groups in total. The fraction of sp³-hybridized carbons (Fsp3) is 0.429. The van der Waals surface area contributed by atoms with Crippen molar-refractivity contribution in [2.45, 2.75) is 13.0 Å². The first-order valence-corrected chi connectivity index (χ1v) is 8.87. The number of thioether (sulfide) groups is 1. The third-order valence-electron chi connectivity index (χ3n) is 3.11. The molecule has 114 valence electrons. The van der Waals surface area contributed by atoms with E-state index in [1.807, 2.05) is 0 Å². The SMILES string of the molecule is CCOC(=O)C1CSCCN1C(=O)c1ccc(Cl)cc1Br. The van der Waals surface area contributed by atoms with Crippen LogP contribution in [0.1, 0.15) is 17.3 Å². The summed E-state index contributed by atoms with van der Waals surface area (Å²) in [5, 5.41) is 0.551. The van der Waals surface area contributed by atoms with E-state index in [-0.39, 0.29) is 11.9 Å². The van der Waals surface area contributed by atoms with Crippen LogP contribution in [-0.4, -0.2) is 47.5 Å². The molecule has 1 heterocycles. The molecular formula is C14H15BrClNO3S. The van der Waals surface area contributed by atoms with Crippen molar-refractivity contribution >= 4 is 51.2 Å². The van der Waals surface area contributed by atoms with Crippen LogP contribution in [0.5, 0.6) is 0 Å². The van der Waals surface area contributed by atoms with Crippen molar-refractivity contribution in [1.29, 1.82) is 0 Å². The maximum absolute atomic E-state index is 12.7. The van der Waals surface area contributed by atoms with E-state index in [1.54, 1.807) is 41.8 Å². The Morgan fingerprint density at radius 3 is 2.95 bits per heavy atom. The molecule has 2 rings (SSSR count). The quantitative estimate of drug-likeness (QED) is 0.741. The minimum absolute atomic E-state index is 0.183. The third kappa shape index (κ3) is 3.93. The van der Waals surface area contributed by atoms with Crippen molar-refractivity contribution in [1.82, 2.24) is 4.90 Å². The largest absolute Gasteiger partial charge is 0.464 e. The number of benzene rings is 1. The average Bonchev–Trinajstić information content (AvgIpc) is 2.47. The number of carbonyl (C=O) groups excluding carboxylic acids is 2. The lowest BCUT2D eigenvalue weighted by Crippen LogP contribution is -2.51. The van der Waals surface area contributed by atoms with Crippen LogP contribution in [0.25, 0.3) is 0 Å². The first-order chi connectivity index (χ1) is 10.0. The van der Waals surface area contributed by atoms with Crippen LogP contribution >= 0.6 is 39.3 Å². The van der Waals surface area contributed by atoms with E-state index < -0.39 is 6.04 Å². The molecule has 1 amide bonds. The summed E-state index contributed by atoms with van der Waals surface area (Å²) in [6.45, 7) is 2.60. The van der Waals surface area contributed by atoms with Crippen molar-refractivity contribution in [2.24, 2.45) is 0 Å². The Morgan fingerprint density at radius 1 is 1.52 bits per heavy atom. The topological polar surface area (TPSA) is 46.6 Å². The van der Waals surface area contributed by atoms with Crippen LogP contribution in [0, 0.1) is 0 Å². The molecule has 1 saturated heterocycles. The zero-order valence-electron chi connectivity index (χ0n) is 11.5. The molecular weight excluding hydrogens is 378 g/mol. The number of amides is 1. The van der Waals surface area contributed by atoms with Gasteiger partial charge in [0.25, 0.3) is 5.91 Å². The second-order valence-corrected chi connectivity index (χ2v) is 6.91. The predicted octanol–water partition coefficient (Wildman–Crippen LogP) is 3.22. The lowest BCUT2D eigenvalue weighted by Gasteiger charge is -2.33. The summed E-state index contributed by atoms with van der Waals surface area (Å²) in [5.74, 6) is 0.850. The molecule has 0 aliphatic carbocycles. The number of rotatable bonds is 3. The van der Waals surface area contributed by atoms with E-state index in [9.17, 15) is 9.59 Å². The molecule has 1 aliphatic heterocycles. The fourth-order valence-electron chi connectivity index (χ4n) is 2.10. The van der Waals surface area contributed by atoms with Crippen LogP contribution in [0.2, 0.25) is 5.02 Å². The highest BCUT2D eigenvalue weighted by molar-refractivity contribution is 9.10. The van der Waals surface area contributed by atoms with Crippen LogP contribution in [0.15, 0.2) is 22.7 Å². The normalized spacial score (nSPS) is 18.4. The maximum atomic E-state index is 12.7. The van der Waals surface area contributed by atoms with Gasteiger partial charge in [-0.2, -0.15) is 11.8 Å². The molecule has 7 heteroatoms. The van der Waals surface area contributed by atoms with E-state index in [0.717, 1.165) is 5.75 Å². The number of hydrogen-bond donors (Lipinski definition) is 0. The Morgan fingerprint density at radius 2 is 2.29 bits per heavy atom. The van der Waals surface area contributed by atoms with Gasteiger partial charge in [-0.25, -0.2) is 4.79 Å². The molecule has 0 aromatic heterocycles. The Hall–Kier alpha value is -0.720. The van der Waals surface area contributed by atoms with Crippen LogP contribution < -0.4 is 0 Å². The molecule has 21 heavy (non-hydrogen) atoms. The number of hydrogen-bond acceptors (Lipinski definition) is 4. The van der Waals surface area contributed by atoms with E-state index in [0.29, 0.717) is 34.0 Å². The van der Waals surface area contributed by atoms with Crippen LogP contribution in [-0.2, 0) is 9.53 Å². The number of ether oxygens (including phenoxy) is 1. The summed E-state index contributed by atoms with van der Waals surface area (Å²) in [6, 6.07) is 4.47. The highest BCUT2D eigenvalue weighted by Gasteiger charge is 2.34. The first-order valence-electron chi connectivity index (χ1n) is 6.55. The summed E-state index contributed by atoms with van der Waals surface area (Å²) >= 11 is 10.9. The van der Waals surface area contributed by atoms with Gasteiger partial charge in [0, 0.05) is 27.5 Å². The van der Waals surface area contributed by atoms with Gasteiger partial charge in [0.15, 0.2) is 0 Å². The van der Waals surface area contributed by atoms with Gasteiger partial charge in [0.05, 0.1) is 12.2 Å². The number of halogens is 2. The maximum Gasteiger partial charge on any atom is 0.329 e. The van der Waals surface area contributed by atoms with Gasteiger partial charge in [-0.05, 0) is 41.1 Å². The van der Waals surface area contributed by atoms with Crippen molar-refractivity contribution < 1.29 is 14.3 Å². The second kappa shape index (κ2) is 7.51. The second-order valence-electron chi connectivity index (χ2n) is 4.47.